The van der Waals surface area contributed by atoms with E-state index in [-0.39, 0.29) is 5.97 Å². The molecule has 0 atom stereocenters. The summed E-state index contributed by atoms with van der Waals surface area (Å²) in [5.74, 6) is -0.238. The average Bonchev–Trinajstić information content (AvgIpc) is 2.56. The molecule has 0 unspecified atom stereocenters. The fourth-order valence-corrected chi connectivity index (χ4v) is 3.02. The van der Waals surface area contributed by atoms with E-state index >= 15 is 0 Å². The van der Waals surface area contributed by atoms with Crippen LogP contribution in [0.2, 0.25) is 0 Å². The van der Waals surface area contributed by atoms with Crippen molar-refractivity contribution in [1.29, 1.82) is 0 Å². The maximum atomic E-state index is 10.6. The number of carbonyl (C=O) groups is 1. The lowest BCUT2D eigenvalue weighted by Gasteiger charge is -2.03. The van der Waals surface area contributed by atoms with Crippen LogP contribution in [0.15, 0.2) is 12.3 Å². The number of hydrogen-bond acceptors (Lipinski definition) is 2. The molecular formula is C22H42O2. The molecule has 0 aromatic carbocycles. The Kier molecular flexibility index (Phi) is 19.6. The van der Waals surface area contributed by atoms with Crippen LogP contribution in [0.25, 0.3) is 0 Å². The highest BCUT2D eigenvalue weighted by molar-refractivity contribution is 5.66. The number of allylic oxidation sites excluding steroid dienone is 1. The first-order chi connectivity index (χ1) is 11.8. The molecule has 0 radical (unpaired) electrons. The third kappa shape index (κ3) is 21.2. The SMILES string of the molecule is CCCCCCCCCCCCCCCCCC/C=C\OC(C)=O. The quantitative estimate of drug-likeness (QED) is 0.145. The lowest BCUT2D eigenvalue weighted by atomic mass is 10.0. The Morgan fingerprint density at radius 3 is 1.42 bits per heavy atom. The summed E-state index contributed by atoms with van der Waals surface area (Å²) in [7, 11) is 0. The van der Waals surface area contributed by atoms with Gasteiger partial charge in [-0.05, 0) is 18.9 Å². The van der Waals surface area contributed by atoms with E-state index in [1.165, 1.54) is 116 Å². The summed E-state index contributed by atoms with van der Waals surface area (Å²) in [5.41, 5.74) is 0. The van der Waals surface area contributed by atoms with Gasteiger partial charge in [0.25, 0.3) is 0 Å². The first kappa shape index (κ1) is 23.2. The van der Waals surface area contributed by atoms with Gasteiger partial charge in [-0.2, -0.15) is 0 Å². The number of rotatable bonds is 18. The van der Waals surface area contributed by atoms with Gasteiger partial charge in [-0.25, -0.2) is 0 Å². The second kappa shape index (κ2) is 20.3. The molecule has 0 fully saturated rings. The fourth-order valence-electron chi connectivity index (χ4n) is 3.02. The molecule has 0 saturated carbocycles. The maximum absolute atomic E-state index is 10.6. The van der Waals surface area contributed by atoms with Crippen LogP contribution in [0.1, 0.15) is 123 Å². The highest BCUT2D eigenvalue weighted by Crippen LogP contribution is 2.14. The van der Waals surface area contributed by atoms with Crippen LogP contribution in [-0.4, -0.2) is 5.97 Å². The van der Waals surface area contributed by atoms with E-state index in [1.807, 2.05) is 6.08 Å². The molecule has 24 heavy (non-hydrogen) atoms. The van der Waals surface area contributed by atoms with Crippen molar-refractivity contribution in [3.05, 3.63) is 12.3 Å². The predicted molar refractivity (Wildman–Crippen MR) is 105 cm³/mol. The van der Waals surface area contributed by atoms with E-state index in [0.29, 0.717) is 0 Å². The molecule has 0 aromatic rings. The van der Waals surface area contributed by atoms with E-state index in [2.05, 4.69) is 6.92 Å². The molecule has 0 bridgehead atoms. The minimum atomic E-state index is -0.238. The normalized spacial score (nSPS) is 11.2. The van der Waals surface area contributed by atoms with Gasteiger partial charge in [0.1, 0.15) is 0 Å². The zero-order valence-corrected chi connectivity index (χ0v) is 16.5. The molecule has 0 heterocycles. The Bertz CT molecular complexity index is 284. The number of unbranched alkanes of at least 4 members (excludes halogenated alkanes) is 16. The molecule has 2 heteroatoms. The minimum Gasteiger partial charge on any atom is -0.435 e. The Hall–Kier alpha value is -0.790. The van der Waals surface area contributed by atoms with Crippen molar-refractivity contribution in [1.82, 2.24) is 0 Å². The monoisotopic (exact) mass is 338 g/mol. The van der Waals surface area contributed by atoms with Crippen molar-refractivity contribution in [3.63, 3.8) is 0 Å². The molecule has 0 rings (SSSR count). The van der Waals surface area contributed by atoms with Crippen LogP contribution in [0.4, 0.5) is 0 Å². The van der Waals surface area contributed by atoms with Crippen LogP contribution >= 0.6 is 0 Å². The van der Waals surface area contributed by atoms with Gasteiger partial charge in [0.2, 0.25) is 0 Å². The van der Waals surface area contributed by atoms with Gasteiger partial charge >= 0.3 is 5.97 Å². The van der Waals surface area contributed by atoms with Crippen LogP contribution in [0.5, 0.6) is 0 Å². The third-order valence-corrected chi connectivity index (χ3v) is 4.55. The van der Waals surface area contributed by atoms with Crippen molar-refractivity contribution in [2.45, 2.75) is 123 Å². The maximum Gasteiger partial charge on any atom is 0.307 e. The van der Waals surface area contributed by atoms with E-state index in [9.17, 15) is 4.79 Å². The smallest absolute Gasteiger partial charge is 0.307 e. The summed E-state index contributed by atoms with van der Waals surface area (Å²) < 4.78 is 4.75. The molecule has 0 aliphatic carbocycles. The third-order valence-electron chi connectivity index (χ3n) is 4.55. The van der Waals surface area contributed by atoms with Gasteiger partial charge < -0.3 is 4.74 Å². The Morgan fingerprint density at radius 1 is 0.667 bits per heavy atom. The summed E-state index contributed by atoms with van der Waals surface area (Å²) in [5, 5.41) is 0. The van der Waals surface area contributed by atoms with Gasteiger partial charge in [-0.1, -0.05) is 103 Å². The van der Waals surface area contributed by atoms with Gasteiger partial charge in [-0.3, -0.25) is 4.79 Å². The Morgan fingerprint density at radius 2 is 1.04 bits per heavy atom. The molecule has 0 saturated heterocycles. The summed E-state index contributed by atoms with van der Waals surface area (Å²) in [4.78, 5) is 10.6. The van der Waals surface area contributed by atoms with Crippen LogP contribution in [0, 0.1) is 0 Å². The Balaban J connectivity index is 3.02. The first-order valence-electron chi connectivity index (χ1n) is 10.6. The zero-order chi connectivity index (χ0) is 17.7. The van der Waals surface area contributed by atoms with Crippen molar-refractivity contribution in [2.24, 2.45) is 0 Å². The fraction of sp³-hybridized carbons (Fsp3) is 0.864. The number of hydrogen-bond donors (Lipinski definition) is 0. The van der Waals surface area contributed by atoms with E-state index in [1.54, 1.807) is 0 Å². The van der Waals surface area contributed by atoms with E-state index in [4.69, 9.17) is 4.74 Å². The van der Waals surface area contributed by atoms with Gasteiger partial charge in [0, 0.05) is 6.92 Å². The molecule has 0 N–H and O–H groups in total. The van der Waals surface area contributed by atoms with Gasteiger partial charge in [0.15, 0.2) is 0 Å². The number of esters is 1. The molecule has 0 aliphatic rings. The Labute approximate surface area is 151 Å². The first-order valence-corrected chi connectivity index (χ1v) is 10.6. The van der Waals surface area contributed by atoms with Crippen molar-refractivity contribution >= 4 is 5.97 Å². The van der Waals surface area contributed by atoms with Gasteiger partial charge in [0.05, 0.1) is 6.26 Å². The number of carbonyl (C=O) groups excluding carboxylic acids is 1. The molecule has 0 aliphatic heterocycles. The second-order valence-corrected chi connectivity index (χ2v) is 7.07. The van der Waals surface area contributed by atoms with Crippen LogP contribution in [-0.2, 0) is 9.53 Å². The second-order valence-electron chi connectivity index (χ2n) is 7.07. The molecular weight excluding hydrogens is 296 g/mol. The van der Waals surface area contributed by atoms with Crippen molar-refractivity contribution < 1.29 is 9.53 Å². The van der Waals surface area contributed by atoms with Crippen LogP contribution in [0.3, 0.4) is 0 Å². The predicted octanol–water partition coefficient (Wildman–Crippen LogP) is 7.71. The zero-order valence-electron chi connectivity index (χ0n) is 16.5. The van der Waals surface area contributed by atoms with Crippen LogP contribution < -0.4 is 0 Å². The largest absolute Gasteiger partial charge is 0.435 e. The highest BCUT2D eigenvalue weighted by Gasteiger charge is 1.94. The minimum absolute atomic E-state index is 0.238. The highest BCUT2D eigenvalue weighted by atomic mass is 16.5. The molecule has 0 amide bonds. The molecule has 142 valence electrons. The standard InChI is InChI=1S/C22H42O2/c1-3-4-5-6-7-8-9-10-11-12-13-14-15-16-17-18-19-20-21-24-22(2)23/h20-21H,3-19H2,1-2H3/b21-20-. The topological polar surface area (TPSA) is 26.3 Å². The van der Waals surface area contributed by atoms with E-state index < -0.39 is 0 Å². The lowest BCUT2D eigenvalue weighted by Crippen LogP contribution is -1.89. The molecule has 0 aromatic heterocycles. The average molecular weight is 339 g/mol. The number of ether oxygens (including phenoxy) is 1. The summed E-state index contributed by atoms with van der Waals surface area (Å²) in [6, 6.07) is 0. The molecule has 2 nitrogen and oxygen atoms in total. The van der Waals surface area contributed by atoms with E-state index in [0.717, 1.165) is 6.42 Å². The lowest BCUT2D eigenvalue weighted by molar-refractivity contribution is -0.135. The summed E-state index contributed by atoms with van der Waals surface area (Å²) >= 11 is 0. The van der Waals surface area contributed by atoms with Crippen molar-refractivity contribution in [2.75, 3.05) is 0 Å². The van der Waals surface area contributed by atoms with Gasteiger partial charge in [-0.15, -0.1) is 0 Å². The summed E-state index contributed by atoms with van der Waals surface area (Å²) in [6.07, 6.45) is 26.9. The molecule has 0 spiro atoms. The van der Waals surface area contributed by atoms with Crippen molar-refractivity contribution in [3.8, 4) is 0 Å². The summed E-state index contributed by atoms with van der Waals surface area (Å²) in [6.45, 7) is 3.71.